The van der Waals surface area contributed by atoms with Crippen LogP contribution >= 0.6 is 11.8 Å². The van der Waals surface area contributed by atoms with Gasteiger partial charge in [-0.3, -0.25) is 4.79 Å². The number of hydrogen-bond acceptors (Lipinski definition) is 4. The molecule has 2 unspecified atom stereocenters. The van der Waals surface area contributed by atoms with E-state index in [4.69, 9.17) is 0 Å². The van der Waals surface area contributed by atoms with E-state index in [0.29, 0.717) is 6.42 Å². The number of thioether (sulfide) groups is 1. The summed E-state index contributed by atoms with van der Waals surface area (Å²) < 4.78 is 22.6. The Hall–Kier alpha value is -0.230. The molecule has 1 heterocycles. The molecule has 0 radical (unpaired) electrons. The van der Waals surface area contributed by atoms with Crippen LogP contribution in [0.3, 0.4) is 0 Å². The molecule has 4 nitrogen and oxygen atoms in total. The molecule has 1 amide bonds. The molecule has 6 heteroatoms. The summed E-state index contributed by atoms with van der Waals surface area (Å²) in [4.78, 5) is 11.1. The first-order valence-electron chi connectivity index (χ1n) is 4.51. The Morgan fingerprint density at radius 3 is 2.64 bits per heavy atom. The van der Waals surface area contributed by atoms with Gasteiger partial charge < -0.3 is 5.32 Å². The lowest BCUT2D eigenvalue weighted by atomic mass is 10.2. The van der Waals surface area contributed by atoms with Gasteiger partial charge >= 0.3 is 0 Å². The molecule has 2 atom stereocenters. The number of carbonyl (C=O) groups is 1. The van der Waals surface area contributed by atoms with Crippen molar-refractivity contribution in [2.75, 3.05) is 17.8 Å². The number of sulfone groups is 1. The number of nitrogens with one attached hydrogen (secondary N) is 1. The molecule has 1 saturated heterocycles. The predicted octanol–water partition coefficient (Wildman–Crippen LogP) is 0.0412. The van der Waals surface area contributed by atoms with Crippen molar-refractivity contribution in [3.63, 3.8) is 0 Å². The van der Waals surface area contributed by atoms with Crippen LogP contribution in [-0.2, 0) is 14.6 Å². The summed E-state index contributed by atoms with van der Waals surface area (Å²) >= 11 is 1.50. The first-order valence-corrected chi connectivity index (χ1v) is 7.62. The normalized spacial score (nSPS) is 30.1. The second-order valence-corrected chi connectivity index (χ2v) is 6.61. The Morgan fingerprint density at radius 1 is 1.50 bits per heavy atom. The van der Waals surface area contributed by atoms with E-state index in [1.807, 2.05) is 6.26 Å². The van der Waals surface area contributed by atoms with Crippen molar-refractivity contribution in [1.29, 1.82) is 0 Å². The largest absolute Gasteiger partial charge is 0.351 e. The minimum atomic E-state index is -2.95. The van der Waals surface area contributed by atoms with Gasteiger partial charge in [-0.15, -0.1) is 0 Å². The Balaban J connectivity index is 2.64. The Morgan fingerprint density at radius 2 is 2.14 bits per heavy atom. The highest BCUT2D eigenvalue weighted by Crippen LogP contribution is 2.22. The smallest absolute Gasteiger partial charge is 0.219 e. The zero-order chi connectivity index (χ0) is 10.8. The molecule has 14 heavy (non-hydrogen) atoms. The fourth-order valence-electron chi connectivity index (χ4n) is 1.49. The van der Waals surface area contributed by atoms with Crippen LogP contribution < -0.4 is 5.32 Å². The van der Waals surface area contributed by atoms with Gasteiger partial charge in [0.2, 0.25) is 5.91 Å². The van der Waals surface area contributed by atoms with Gasteiger partial charge in [0.25, 0.3) is 0 Å². The molecule has 0 aromatic rings. The predicted molar refractivity (Wildman–Crippen MR) is 58.2 cm³/mol. The topological polar surface area (TPSA) is 63.2 Å². The Bertz CT molecular complexity index is 313. The molecule has 0 aromatic carbocycles. The van der Waals surface area contributed by atoms with Gasteiger partial charge in [-0.05, 0) is 6.26 Å². The summed E-state index contributed by atoms with van der Waals surface area (Å²) in [5.74, 6) is 0.193. The van der Waals surface area contributed by atoms with Crippen LogP contribution in [0, 0.1) is 0 Å². The van der Waals surface area contributed by atoms with Crippen LogP contribution in [0.25, 0.3) is 0 Å². The number of rotatable bonds is 3. The minimum Gasteiger partial charge on any atom is -0.351 e. The highest BCUT2D eigenvalue weighted by molar-refractivity contribution is 8.01. The molecule has 0 aromatic heterocycles. The van der Waals surface area contributed by atoms with E-state index in [1.54, 1.807) is 6.92 Å². The Kier molecular flexibility index (Phi) is 3.83. The average Bonchev–Trinajstić information content (AvgIpc) is 2.40. The molecule has 0 saturated carbocycles. The van der Waals surface area contributed by atoms with Crippen LogP contribution in [0.1, 0.15) is 13.3 Å². The van der Waals surface area contributed by atoms with Gasteiger partial charge in [-0.1, -0.05) is 6.92 Å². The van der Waals surface area contributed by atoms with E-state index in [2.05, 4.69) is 5.32 Å². The van der Waals surface area contributed by atoms with Crippen LogP contribution in [-0.4, -0.2) is 43.4 Å². The van der Waals surface area contributed by atoms with Gasteiger partial charge in [0.1, 0.15) is 0 Å². The van der Waals surface area contributed by atoms with Crippen molar-refractivity contribution in [3.05, 3.63) is 0 Å². The van der Waals surface area contributed by atoms with Crippen molar-refractivity contribution in [1.82, 2.24) is 5.32 Å². The molecule has 0 spiro atoms. The van der Waals surface area contributed by atoms with E-state index in [9.17, 15) is 13.2 Å². The third-order valence-electron chi connectivity index (χ3n) is 2.27. The van der Waals surface area contributed by atoms with Crippen LogP contribution in [0.15, 0.2) is 0 Å². The van der Waals surface area contributed by atoms with E-state index < -0.39 is 9.84 Å². The minimum absolute atomic E-state index is 0.00972. The quantitative estimate of drug-likeness (QED) is 0.753. The maximum Gasteiger partial charge on any atom is 0.219 e. The number of amides is 1. The van der Waals surface area contributed by atoms with Crippen molar-refractivity contribution in [2.24, 2.45) is 0 Å². The van der Waals surface area contributed by atoms with Gasteiger partial charge in [-0.2, -0.15) is 11.8 Å². The lowest BCUT2D eigenvalue weighted by Gasteiger charge is -2.16. The van der Waals surface area contributed by atoms with Crippen molar-refractivity contribution < 1.29 is 13.2 Å². The van der Waals surface area contributed by atoms with Gasteiger partial charge in [0, 0.05) is 11.7 Å². The first kappa shape index (κ1) is 11.8. The van der Waals surface area contributed by atoms with E-state index in [0.717, 1.165) is 0 Å². The maximum absolute atomic E-state index is 11.3. The molecule has 1 N–H and O–H groups in total. The van der Waals surface area contributed by atoms with Gasteiger partial charge in [0.15, 0.2) is 9.84 Å². The molecule has 0 aliphatic carbocycles. The Labute approximate surface area is 88.7 Å². The number of hydrogen-bond donors (Lipinski definition) is 1. The maximum atomic E-state index is 11.3. The van der Waals surface area contributed by atoms with Crippen molar-refractivity contribution in [3.8, 4) is 0 Å². The molecule has 1 rings (SSSR count). The first-order chi connectivity index (χ1) is 6.48. The van der Waals surface area contributed by atoms with Crippen molar-refractivity contribution in [2.45, 2.75) is 24.6 Å². The molecular formula is C8H15NO3S2. The fourth-order valence-corrected chi connectivity index (χ4v) is 5.00. The van der Waals surface area contributed by atoms with Crippen LogP contribution in [0.2, 0.25) is 0 Å². The van der Waals surface area contributed by atoms with E-state index >= 15 is 0 Å². The van der Waals surface area contributed by atoms with Crippen molar-refractivity contribution >= 4 is 27.5 Å². The van der Waals surface area contributed by atoms with Crippen LogP contribution in [0.4, 0.5) is 0 Å². The summed E-state index contributed by atoms with van der Waals surface area (Å²) in [5.41, 5.74) is 0. The zero-order valence-electron chi connectivity index (χ0n) is 8.32. The summed E-state index contributed by atoms with van der Waals surface area (Å²) in [6.45, 7) is 1.76. The monoisotopic (exact) mass is 237 g/mol. The second-order valence-electron chi connectivity index (χ2n) is 3.38. The lowest BCUT2D eigenvalue weighted by molar-refractivity contribution is -0.121. The molecular weight excluding hydrogens is 222 g/mol. The molecule has 0 bridgehead atoms. The molecule has 1 fully saturated rings. The standard InChI is InChI=1S/C8H15NO3S2/c1-3-8(10)9-6-4-14(11,12)5-7(6)13-2/h6-7H,3-5H2,1-2H3,(H,9,10). The van der Waals surface area contributed by atoms with Gasteiger partial charge in [0.05, 0.1) is 17.5 Å². The van der Waals surface area contributed by atoms with E-state index in [1.165, 1.54) is 11.8 Å². The number of carbonyl (C=O) groups excluding carboxylic acids is 1. The highest BCUT2D eigenvalue weighted by atomic mass is 32.2. The third-order valence-corrected chi connectivity index (χ3v) is 5.32. The van der Waals surface area contributed by atoms with E-state index in [-0.39, 0.29) is 28.7 Å². The summed E-state index contributed by atoms with van der Waals surface area (Å²) in [6, 6.07) is -0.206. The van der Waals surface area contributed by atoms with Gasteiger partial charge in [-0.25, -0.2) is 8.42 Å². The fraction of sp³-hybridized carbons (Fsp3) is 0.875. The summed E-state index contributed by atoms with van der Waals surface area (Å²) in [5, 5.41) is 2.76. The lowest BCUT2D eigenvalue weighted by Crippen LogP contribution is -2.41. The molecule has 1 aliphatic rings. The molecule has 1 aliphatic heterocycles. The SMILES string of the molecule is CCC(=O)NC1CS(=O)(=O)CC1SC. The van der Waals surface area contributed by atoms with Crippen LogP contribution in [0.5, 0.6) is 0 Å². The third kappa shape index (κ3) is 2.88. The zero-order valence-corrected chi connectivity index (χ0v) is 9.95. The summed E-state index contributed by atoms with van der Waals surface area (Å²) in [7, 11) is -2.95. The molecule has 82 valence electrons. The average molecular weight is 237 g/mol. The summed E-state index contributed by atoms with van der Waals surface area (Å²) in [6.07, 6.45) is 2.27. The highest BCUT2D eigenvalue weighted by Gasteiger charge is 2.37. The second kappa shape index (κ2) is 4.53.